The summed E-state index contributed by atoms with van der Waals surface area (Å²) in [5.41, 5.74) is 13.5. The number of furan rings is 1. The monoisotopic (exact) mass is 708 g/mol. The maximum atomic E-state index is 6.93. The molecule has 0 saturated heterocycles. The molecule has 6 nitrogen and oxygen atoms in total. The van der Waals surface area contributed by atoms with Crippen LogP contribution in [0.2, 0.25) is 0 Å². The van der Waals surface area contributed by atoms with Gasteiger partial charge in [0.05, 0.1) is 5.56 Å². The lowest BCUT2D eigenvalue weighted by Crippen LogP contribution is -2.15. The van der Waals surface area contributed by atoms with Crippen molar-refractivity contribution in [3.8, 4) is 67.9 Å². The first-order chi connectivity index (χ1) is 27.0. The van der Waals surface area contributed by atoms with Crippen LogP contribution in [0.5, 0.6) is 0 Å². The number of oxazole rings is 1. The van der Waals surface area contributed by atoms with E-state index in [1.807, 2.05) is 97.1 Å². The first-order valence-corrected chi connectivity index (χ1v) is 18.5. The Labute approximate surface area is 316 Å². The Balaban J connectivity index is 1.05. The van der Waals surface area contributed by atoms with Gasteiger partial charge in [0.25, 0.3) is 0 Å². The molecule has 0 amide bonds. The van der Waals surface area contributed by atoms with E-state index in [9.17, 15) is 0 Å². The van der Waals surface area contributed by atoms with Crippen LogP contribution in [0.4, 0.5) is 0 Å². The zero-order valence-corrected chi connectivity index (χ0v) is 30.1. The zero-order valence-electron chi connectivity index (χ0n) is 30.1. The summed E-state index contributed by atoms with van der Waals surface area (Å²) in [7, 11) is 0. The second-order valence-electron chi connectivity index (χ2n) is 14.6. The van der Waals surface area contributed by atoms with Gasteiger partial charge < -0.3 is 8.83 Å². The van der Waals surface area contributed by atoms with Crippen LogP contribution in [0.15, 0.2) is 167 Å². The third kappa shape index (κ3) is 4.88. The highest BCUT2D eigenvalue weighted by atomic mass is 16.3. The average Bonchev–Trinajstić information content (AvgIpc) is 3.92. The largest absolute Gasteiger partial charge is 0.455 e. The maximum Gasteiger partial charge on any atom is 0.227 e. The van der Waals surface area contributed by atoms with Crippen LogP contribution in [-0.2, 0) is 5.41 Å². The van der Waals surface area contributed by atoms with Crippen molar-refractivity contribution in [3.63, 3.8) is 0 Å². The molecule has 0 fully saturated rings. The highest BCUT2D eigenvalue weighted by Crippen LogP contribution is 2.53. The molecule has 55 heavy (non-hydrogen) atoms. The van der Waals surface area contributed by atoms with E-state index < -0.39 is 0 Å². The van der Waals surface area contributed by atoms with E-state index in [1.165, 1.54) is 22.3 Å². The average molecular weight is 709 g/mol. The summed E-state index contributed by atoms with van der Waals surface area (Å²) in [4.78, 5) is 20.0. The molecule has 0 atom stereocenters. The number of hydrogen-bond acceptors (Lipinski definition) is 6. The van der Waals surface area contributed by atoms with E-state index in [0.29, 0.717) is 23.4 Å². The van der Waals surface area contributed by atoms with Crippen LogP contribution in [0.25, 0.3) is 101 Å². The molecule has 0 saturated carbocycles. The van der Waals surface area contributed by atoms with Gasteiger partial charge in [-0.2, -0.15) is 0 Å². The van der Waals surface area contributed by atoms with Gasteiger partial charge in [-0.15, -0.1) is 0 Å². The molecule has 3 aromatic heterocycles. The lowest BCUT2D eigenvalue weighted by Gasteiger charge is -2.22. The second-order valence-corrected chi connectivity index (χ2v) is 14.6. The lowest BCUT2D eigenvalue weighted by molar-refractivity contribution is 0.619. The molecule has 0 unspecified atom stereocenters. The summed E-state index contributed by atoms with van der Waals surface area (Å²) in [6, 6.07) is 53.8. The second kappa shape index (κ2) is 11.9. The van der Waals surface area contributed by atoms with E-state index in [2.05, 4.69) is 74.5 Å². The minimum Gasteiger partial charge on any atom is -0.455 e. The van der Waals surface area contributed by atoms with E-state index in [1.54, 1.807) is 0 Å². The first-order valence-electron chi connectivity index (χ1n) is 18.5. The Morgan fingerprint density at radius 3 is 1.64 bits per heavy atom. The van der Waals surface area contributed by atoms with Crippen molar-refractivity contribution in [1.29, 1.82) is 0 Å². The third-order valence-electron chi connectivity index (χ3n) is 11.0. The molecule has 0 spiro atoms. The van der Waals surface area contributed by atoms with Gasteiger partial charge in [0.15, 0.2) is 23.1 Å². The van der Waals surface area contributed by atoms with Gasteiger partial charge >= 0.3 is 0 Å². The van der Waals surface area contributed by atoms with Gasteiger partial charge in [-0.3, -0.25) is 0 Å². The molecule has 0 radical (unpaired) electrons. The van der Waals surface area contributed by atoms with Gasteiger partial charge in [-0.05, 0) is 58.1 Å². The number of nitrogens with zero attached hydrogens (tertiary/aromatic N) is 4. The molecule has 1 aliphatic carbocycles. The van der Waals surface area contributed by atoms with Gasteiger partial charge in [0.2, 0.25) is 5.89 Å². The lowest BCUT2D eigenvalue weighted by atomic mass is 9.81. The van der Waals surface area contributed by atoms with Crippen molar-refractivity contribution in [3.05, 3.63) is 169 Å². The Kier molecular flexibility index (Phi) is 6.79. The van der Waals surface area contributed by atoms with Crippen molar-refractivity contribution < 1.29 is 8.83 Å². The van der Waals surface area contributed by atoms with E-state index in [0.717, 1.165) is 66.4 Å². The Bertz CT molecular complexity index is 3050. The van der Waals surface area contributed by atoms with Gasteiger partial charge in [-0.25, -0.2) is 19.9 Å². The molecule has 0 N–H and O–H groups in total. The van der Waals surface area contributed by atoms with Crippen molar-refractivity contribution in [2.45, 2.75) is 19.3 Å². The summed E-state index contributed by atoms with van der Waals surface area (Å²) >= 11 is 0. The quantitative estimate of drug-likeness (QED) is 0.177. The van der Waals surface area contributed by atoms with Crippen LogP contribution in [0.3, 0.4) is 0 Å². The predicted octanol–water partition coefficient (Wildman–Crippen LogP) is 12.6. The zero-order chi connectivity index (χ0) is 36.7. The first kappa shape index (κ1) is 31.4. The fourth-order valence-corrected chi connectivity index (χ4v) is 8.31. The molecular weight excluding hydrogens is 677 g/mol. The summed E-state index contributed by atoms with van der Waals surface area (Å²) in [5.74, 6) is 2.42. The van der Waals surface area contributed by atoms with Crippen molar-refractivity contribution in [2.75, 3.05) is 0 Å². The van der Waals surface area contributed by atoms with Crippen LogP contribution >= 0.6 is 0 Å². The van der Waals surface area contributed by atoms with Crippen LogP contribution in [-0.4, -0.2) is 19.9 Å². The van der Waals surface area contributed by atoms with Gasteiger partial charge in [0.1, 0.15) is 16.7 Å². The van der Waals surface area contributed by atoms with Crippen LogP contribution < -0.4 is 0 Å². The third-order valence-corrected chi connectivity index (χ3v) is 11.0. The molecular formula is C49H32N4O2. The highest BCUT2D eigenvalue weighted by molar-refractivity contribution is 6.13. The molecule has 6 heteroatoms. The molecule has 7 aromatic carbocycles. The number of para-hydroxylation sites is 2. The minimum atomic E-state index is -0.314. The van der Waals surface area contributed by atoms with Crippen LogP contribution in [0, 0.1) is 0 Å². The number of aromatic nitrogens is 4. The Morgan fingerprint density at radius 2 is 0.982 bits per heavy atom. The number of fused-ring (bicyclic) bond motifs is 8. The van der Waals surface area contributed by atoms with E-state index in [4.69, 9.17) is 28.8 Å². The summed E-state index contributed by atoms with van der Waals surface area (Å²) in [6.07, 6.45) is 0. The minimum absolute atomic E-state index is 0.314. The number of benzene rings is 7. The topological polar surface area (TPSA) is 77.8 Å². The van der Waals surface area contributed by atoms with E-state index in [-0.39, 0.29) is 5.41 Å². The van der Waals surface area contributed by atoms with Crippen molar-refractivity contribution in [2.24, 2.45) is 0 Å². The van der Waals surface area contributed by atoms with E-state index >= 15 is 0 Å². The predicted molar refractivity (Wildman–Crippen MR) is 219 cm³/mol. The number of hydrogen-bond donors (Lipinski definition) is 0. The van der Waals surface area contributed by atoms with Gasteiger partial charge in [-0.1, -0.05) is 141 Å². The summed E-state index contributed by atoms with van der Waals surface area (Å²) in [5, 5.41) is 2.05. The SMILES string of the molecule is CC1(C)c2cc(-c3cccc4c3oc3c(-c5nc(-c6ccccc6)nc(-c6ccccc6)n5)cccc34)ccc2-c2ccc3oc(-c4ccccc4)nc3c21. The maximum absolute atomic E-state index is 6.93. The fourth-order valence-electron chi connectivity index (χ4n) is 8.31. The molecule has 10 aromatic rings. The fraction of sp³-hybridized carbons (Fsp3) is 0.0612. The Morgan fingerprint density at radius 1 is 0.418 bits per heavy atom. The molecule has 11 rings (SSSR count). The van der Waals surface area contributed by atoms with Crippen molar-refractivity contribution in [1.82, 2.24) is 19.9 Å². The summed E-state index contributed by atoms with van der Waals surface area (Å²) in [6.45, 7) is 4.57. The molecule has 3 heterocycles. The summed E-state index contributed by atoms with van der Waals surface area (Å²) < 4.78 is 13.2. The molecule has 260 valence electrons. The van der Waals surface area contributed by atoms with Crippen molar-refractivity contribution >= 4 is 33.0 Å². The molecule has 0 bridgehead atoms. The normalized spacial score (nSPS) is 13.1. The number of rotatable bonds is 5. The standard InChI is InChI=1S/C49H32N4O2/c1-49(2)39-28-32(24-25-34(39)35-26-27-40-42(41(35)49)50-48(54-40)31-18-10-5-11-19-31)33-20-12-21-36-37-22-13-23-38(44(37)55-43(33)36)47-52-45(29-14-6-3-7-15-29)51-46(53-47)30-16-8-4-9-17-30/h3-28H,1-2H3. The van der Waals surface area contributed by atoms with Crippen LogP contribution in [0.1, 0.15) is 25.0 Å². The van der Waals surface area contributed by atoms with Gasteiger partial charge in [0, 0.05) is 38.4 Å². The smallest absolute Gasteiger partial charge is 0.227 e. The molecule has 0 aliphatic heterocycles. The highest BCUT2D eigenvalue weighted by Gasteiger charge is 2.39. The Hall–Kier alpha value is -7.18. The molecule has 1 aliphatic rings.